The molecule has 0 bridgehead atoms. The predicted octanol–water partition coefficient (Wildman–Crippen LogP) is 0.891. The fourth-order valence-corrected chi connectivity index (χ4v) is 4.83. The Morgan fingerprint density at radius 2 is 2.09 bits per heavy atom. The van der Waals surface area contributed by atoms with E-state index >= 15 is 0 Å². The smallest absolute Gasteiger partial charge is 0.299 e. The number of benzene rings is 1. The molecule has 10 heteroatoms. The Labute approximate surface area is 137 Å². The second kappa shape index (κ2) is 6.93. The third-order valence-corrected chi connectivity index (χ3v) is 6.30. The molecule has 130 valence electrons. The van der Waals surface area contributed by atoms with Crippen molar-refractivity contribution in [2.75, 3.05) is 35.0 Å². The zero-order valence-corrected chi connectivity index (χ0v) is 14.7. The van der Waals surface area contributed by atoms with Crippen LogP contribution < -0.4 is 18.5 Å². The summed E-state index contributed by atoms with van der Waals surface area (Å²) < 4.78 is 59.1. The quantitative estimate of drug-likeness (QED) is 0.749. The average molecular weight is 363 g/mol. The molecule has 8 nitrogen and oxygen atoms in total. The Morgan fingerprint density at radius 1 is 1.35 bits per heavy atom. The van der Waals surface area contributed by atoms with E-state index < -0.39 is 20.2 Å². The van der Waals surface area contributed by atoms with Gasteiger partial charge in [0.05, 0.1) is 24.2 Å². The molecule has 1 aliphatic heterocycles. The molecule has 23 heavy (non-hydrogen) atoms. The van der Waals surface area contributed by atoms with E-state index in [4.69, 9.17) is 4.74 Å². The van der Waals surface area contributed by atoms with Crippen LogP contribution in [0.5, 0.6) is 5.75 Å². The highest BCUT2D eigenvalue weighted by Gasteiger charge is 2.29. The van der Waals surface area contributed by atoms with Crippen molar-refractivity contribution in [3.63, 3.8) is 0 Å². The van der Waals surface area contributed by atoms with Gasteiger partial charge in [0.2, 0.25) is 10.0 Å². The maximum Gasteiger partial charge on any atom is 0.299 e. The zero-order chi connectivity index (χ0) is 17.1. The number of hydrogen-bond acceptors (Lipinski definition) is 5. The largest absolute Gasteiger partial charge is 0.495 e. The average Bonchev–Trinajstić information content (AvgIpc) is 2.84. The minimum absolute atomic E-state index is 0.0954. The second-order valence-corrected chi connectivity index (χ2v) is 8.64. The van der Waals surface area contributed by atoms with E-state index in [1.807, 2.05) is 6.92 Å². The van der Waals surface area contributed by atoms with Crippen LogP contribution in [0.25, 0.3) is 0 Å². The Kier molecular flexibility index (Phi) is 5.37. The van der Waals surface area contributed by atoms with E-state index in [0.717, 1.165) is 0 Å². The summed E-state index contributed by atoms with van der Waals surface area (Å²) in [7, 11) is -5.67. The van der Waals surface area contributed by atoms with Crippen molar-refractivity contribution in [2.45, 2.75) is 19.8 Å². The Morgan fingerprint density at radius 3 is 2.65 bits per heavy atom. The monoisotopic (exact) mass is 363 g/mol. The van der Waals surface area contributed by atoms with Crippen LogP contribution in [-0.4, -0.2) is 42.8 Å². The molecule has 0 aliphatic carbocycles. The van der Waals surface area contributed by atoms with Crippen LogP contribution in [0.3, 0.4) is 0 Å². The molecule has 1 saturated heterocycles. The number of nitrogens with one attached hydrogen (secondary N) is 2. The molecular formula is C13H21N3O5S2. The van der Waals surface area contributed by atoms with Crippen molar-refractivity contribution in [1.29, 1.82) is 0 Å². The van der Waals surface area contributed by atoms with Gasteiger partial charge in [-0.3, -0.25) is 9.03 Å². The molecule has 1 fully saturated rings. The topological polar surface area (TPSA) is 105 Å². The second-order valence-electron chi connectivity index (χ2n) is 5.13. The molecule has 0 unspecified atom stereocenters. The number of methoxy groups -OCH3 is 1. The Bertz CT molecular complexity index is 762. The van der Waals surface area contributed by atoms with Crippen LogP contribution in [0, 0.1) is 0 Å². The first-order valence-corrected chi connectivity index (χ1v) is 10.3. The maximum atomic E-state index is 12.0. The van der Waals surface area contributed by atoms with Gasteiger partial charge in [-0.15, -0.1) is 0 Å². The first kappa shape index (κ1) is 17.8. The van der Waals surface area contributed by atoms with E-state index in [9.17, 15) is 16.8 Å². The molecule has 0 spiro atoms. The van der Waals surface area contributed by atoms with Gasteiger partial charge in [0.1, 0.15) is 5.75 Å². The molecule has 2 N–H and O–H groups in total. The predicted molar refractivity (Wildman–Crippen MR) is 89.6 cm³/mol. The first-order valence-electron chi connectivity index (χ1n) is 7.25. The number of ether oxygens (including phenoxy) is 1. The molecule has 0 radical (unpaired) electrons. The van der Waals surface area contributed by atoms with Crippen LogP contribution in [0.1, 0.15) is 19.8 Å². The molecule has 0 atom stereocenters. The van der Waals surface area contributed by atoms with Gasteiger partial charge < -0.3 is 4.74 Å². The SMILES string of the molecule is CCCNS(=O)(=O)Nc1cc(N2CCCS2(=O)=O)ccc1OC. The minimum Gasteiger partial charge on any atom is -0.495 e. The van der Waals surface area contributed by atoms with Crippen molar-refractivity contribution in [3.8, 4) is 5.75 Å². The Balaban J connectivity index is 2.33. The lowest BCUT2D eigenvalue weighted by Gasteiger charge is -2.19. The number of hydrogen-bond donors (Lipinski definition) is 2. The zero-order valence-electron chi connectivity index (χ0n) is 13.1. The van der Waals surface area contributed by atoms with Crippen molar-refractivity contribution < 1.29 is 21.6 Å². The van der Waals surface area contributed by atoms with Crippen LogP contribution in [-0.2, 0) is 20.2 Å². The summed E-state index contributed by atoms with van der Waals surface area (Å²) in [5, 5.41) is 0. The third kappa shape index (κ3) is 4.27. The first-order chi connectivity index (χ1) is 10.8. The summed E-state index contributed by atoms with van der Waals surface area (Å²) in [5.74, 6) is 0.408. The minimum atomic E-state index is -3.75. The van der Waals surface area contributed by atoms with E-state index in [1.54, 1.807) is 12.1 Å². The van der Waals surface area contributed by atoms with Crippen molar-refractivity contribution in [1.82, 2.24) is 4.72 Å². The highest BCUT2D eigenvalue weighted by atomic mass is 32.2. The fourth-order valence-electron chi connectivity index (χ4n) is 2.28. The molecule has 1 aromatic carbocycles. The number of nitrogens with zero attached hydrogens (tertiary/aromatic N) is 1. The van der Waals surface area contributed by atoms with Crippen molar-refractivity contribution in [2.24, 2.45) is 0 Å². The lowest BCUT2D eigenvalue weighted by atomic mass is 10.2. The van der Waals surface area contributed by atoms with Crippen LogP contribution in [0.4, 0.5) is 11.4 Å². The van der Waals surface area contributed by atoms with Crippen LogP contribution in [0.15, 0.2) is 18.2 Å². The van der Waals surface area contributed by atoms with Gasteiger partial charge in [0.25, 0.3) is 10.2 Å². The van der Waals surface area contributed by atoms with Gasteiger partial charge in [-0.2, -0.15) is 13.1 Å². The van der Waals surface area contributed by atoms with Gasteiger partial charge in [0, 0.05) is 13.1 Å². The molecule has 2 rings (SSSR count). The highest BCUT2D eigenvalue weighted by Crippen LogP contribution is 2.33. The molecule has 1 aromatic rings. The van der Waals surface area contributed by atoms with E-state index in [0.29, 0.717) is 37.4 Å². The molecule has 0 saturated carbocycles. The van der Waals surface area contributed by atoms with Gasteiger partial charge in [-0.25, -0.2) is 8.42 Å². The molecule has 0 amide bonds. The Hall–Kier alpha value is -1.52. The maximum absolute atomic E-state index is 12.0. The van der Waals surface area contributed by atoms with Crippen LogP contribution >= 0.6 is 0 Å². The molecule has 0 aromatic heterocycles. The van der Waals surface area contributed by atoms with Crippen molar-refractivity contribution >= 4 is 31.6 Å². The van der Waals surface area contributed by atoms with E-state index in [2.05, 4.69) is 9.44 Å². The summed E-state index contributed by atoms with van der Waals surface area (Å²) in [6.45, 7) is 2.54. The van der Waals surface area contributed by atoms with E-state index in [-0.39, 0.29) is 11.4 Å². The van der Waals surface area contributed by atoms with E-state index in [1.165, 1.54) is 17.5 Å². The summed E-state index contributed by atoms with van der Waals surface area (Å²) in [6.07, 6.45) is 1.21. The third-order valence-electron chi connectivity index (χ3n) is 3.36. The van der Waals surface area contributed by atoms with Crippen LogP contribution in [0.2, 0.25) is 0 Å². The van der Waals surface area contributed by atoms with Gasteiger partial charge >= 0.3 is 0 Å². The summed E-state index contributed by atoms with van der Waals surface area (Å²) in [4.78, 5) is 0. The molecular weight excluding hydrogens is 342 g/mol. The summed E-state index contributed by atoms with van der Waals surface area (Å²) in [5.41, 5.74) is 0.604. The number of rotatable bonds is 7. The van der Waals surface area contributed by atoms with Crippen molar-refractivity contribution in [3.05, 3.63) is 18.2 Å². The normalized spacial score (nSPS) is 17.2. The lowest BCUT2D eigenvalue weighted by Crippen LogP contribution is -2.31. The number of sulfonamides is 1. The summed E-state index contributed by atoms with van der Waals surface area (Å²) >= 11 is 0. The fraction of sp³-hybridized carbons (Fsp3) is 0.538. The molecule has 1 heterocycles. The van der Waals surface area contributed by atoms with Gasteiger partial charge in [-0.05, 0) is 31.0 Å². The summed E-state index contributed by atoms with van der Waals surface area (Å²) in [6, 6.07) is 4.60. The standard InChI is InChI=1S/C13H21N3O5S2/c1-3-7-14-23(19,20)15-12-10-11(5-6-13(12)21-2)16-8-4-9-22(16,17)18/h5-6,10,14-15H,3-4,7-9H2,1-2H3. The highest BCUT2D eigenvalue weighted by molar-refractivity contribution is 7.93. The lowest BCUT2D eigenvalue weighted by molar-refractivity contribution is 0.417. The molecule has 1 aliphatic rings. The number of anilines is 2. The van der Waals surface area contributed by atoms with Gasteiger partial charge in [-0.1, -0.05) is 6.92 Å². The van der Waals surface area contributed by atoms with Gasteiger partial charge in [0.15, 0.2) is 0 Å².